The van der Waals surface area contributed by atoms with Gasteiger partial charge >= 0.3 is 0 Å². The summed E-state index contributed by atoms with van der Waals surface area (Å²) in [6.07, 6.45) is 5.20. The van der Waals surface area contributed by atoms with Gasteiger partial charge in [-0.2, -0.15) is 0 Å². The minimum Gasteiger partial charge on any atom is -0.383 e. The molecule has 1 unspecified atom stereocenters. The molecule has 3 rings (SSSR count). The molecule has 6 nitrogen and oxygen atoms in total. The number of pyridine rings is 1. The average Bonchev–Trinajstić information content (AvgIpc) is 3.23. The normalized spacial score (nSPS) is 20.9. The highest BCUT2D eigenvalue weighted by Crippen LogP contribution is 2.21. The summed E-state index contributed by atoms with van der Waals surface area (Å²) in [5.74, 6) is 0.563. The Labute approximate surface area is 142 Å². The number of nitrogens with zero attached hydrogens (tertiary/aromatic N) is 3. The number of hydrogen-bond donors (Lipinski definition) is 0. The molecule has 2 aliphatic heterocycles. The molecule has 1 aromatic rings. The molecule has 24 heavy (non-hydrogen) atoms. The molecule has 1 aromatic heterocycles. The summed E-state index contributed by atoms with van der Waals surface area (Å²) in [5.41, 5.74) is 1.60. The molecule has 0 aromatic carbocycles. The minimum absolute atomic E-state index is 0.0772. The van der Waals surface area contributed by atoms with Gasteiger partial charge < -0.3 is 14.5 Å². The second kappa shape index (κ2) is 7.75. The van der Waals surface area contributed by atoms with E-state index in [1.165, 1.54) is 0 Å². The SMILES string of the molecule is COCCN1CC(Cc2ccc(C(=O)N3CCCC3)cn2)CC1=O. The van der Waals surface area contributed by atoms with Crippen LogP contribution in [0.2, 0.25) is 0 Å². The Bertz CT molecular complexity index is 582. The van der Waals surface area contributed by atoms with Gasteiger partial charge in [0.1, 0.15) is 0 Å². The van der Waals surface area contributed by atoms with Gasteiger partial charge in [-0.3, -0.25) is 14.6 Å². The lowest BCUT2D eigenvalue weighted by molar-refractivity contribution is -0.128. The highest BCUT2D eigenvalue weighted by molar-refractivity contribution is 5.94. The van der Waals surface area contributed by atoms with Crippen LogP contribution >= 0.6 is 0 Å². The Balaban J connectivity index is 1.54. The monoisotopic (exact) mass is 331 g/mol. The van der Waals surface area contributed by atoms with Crippen LogP contribution in [0.15, 0.2) is 18.3 Å². The largest absolute Gasteiger partial charge is 0.383 e. The van der Waals surface area contributed by atoms with Crippen molar-refractivity contribution in [3.8, 4) is 0 Å². The quantitative estimate of drug-likeness (QED) is 0.789. The first-order valence-corrected chi connectivity index (χ1v) is 8.68. The van der Waals surface area contributed by atoms with Crippen LogP contribution in [0, 0.1) is 5.92 Å². The molecule has 0 saturated carbocycles. The predicted molar refractivity (Wildman–Crippen MR) is 89.6 cm³/mol. The van der Waals surface area contributed by atoms with E-state index in [0.29, 0.717) is 31.1 Å². The van der Waals surface area contributed by atoms with Gasteiger partial charge in [0.2, 0.25) is 5.91 Å². The third kappa shape index (κ3) is 3.93. The summed E-state index contributed by atoms with van der Waals surface area (Å²) in [4.78, 5) is 32.5. The van der Waals surface area contributed by atoms with Crippen molar-refractivity contribution in [2.45, 2.75) is 25.7 Å². The van der Waals surface area contributed by atoms with Crippen LogP contribution < -0.4 is 0 Å². The molecule has 1 atom stereocenters. The maximum absolute atomic E-state index is 12.3. The number of methoxy groups -OCH3 is 1. The fourth-order valence-electron chi connectivity index (χ4n) is 3.48. The lowest BCUT2D eigenvalue weighted by Gasteiger charge is -2.16. The lowest BCUT2D eigenvalue weighted by atomic mass is 10.0. The van der Waals surface area contributed by atoms with Crippen molar-refractivity contribution in [1.29, 1.82) is 0 Å². The van der Waals surface area contributed by atoms with E-state index in [4.69, 9.17) is 4.74 Å². The van der Waals surface area contributed by atoms with Gasteiger partial charge in [-0.25, -0.2) is 0 Å². The van der Waals surface area contributed by atoms with Crippen molar-refractivity contribution in [3.05, 3.63) is 29.6 Å². The van der Waals surface area contributed by atoms with E-state index in [9.17, 15) is 9.59 Å². The Morgan fingerprint density at radius 1 is 1.33 bits per heavy atom. The Hall–Kier alpha value is -1.95. The molecule has 0 aliphatic carbocycles. The van der Waals surface area contributed by atoms with Gasteiger partial charge in [0.25, 0.3) is 5.91 Å². The van der Waals surface area contributed by atoms with Gasteiger partial charge in [0.15, 0.2) is 0 Å². The third-order valence-corrected chi connectivity index (χ3v) is 4.82. The molecule has 0 N–H and O–H groups in total. The van der Waals surface area contributed by atoms with Crippen molar-refractivity contribution >= 4 is 11.8 Å². The molecule has 2 saturated heterocycles. The fourth-order valence-corrected chi connectivity index (χ4v) is 3.48. The second-order valence-corrected chi connectivity index (χ2v) is 6.64. The zero-order chi connectivity index (χ0) is 16.9. The number of ether oxygens (including phenoxy) is 1. The first-order chi connectivity index (χ1) is 11.7. The summed E-state index contributed by atoms with van der Waals surface area (Å²) >= 11 is 0. The lowest BCUT2D eigenvalue weighted by Crippen LogP contribution is -2.29. The van der Waals surface area contributed by atoms with Gasteiger partial charge in [-0.15, -0.1) is 0 Å². The highest BCUT2D eigenvalue weighted by Gasteiger charge is 2.29. The summed E-state index contributed by atoms with van der Waals surface area (Å²) in [7, 11) is 1.65. The third-order valence-electron chi connectivity index (χ3n) is 4.82. The van der Waals surface area contributed by atoms with Crippen LogP contribution in [0.3, 0.4) is 0 Å². The second-order valence-electron chi connectivity index (χ2n) is 6.64. The van der Waals surface area contributed by atoms with Gasteiger partial charge in [-0.1, -0.05) is 0 Å². The Morgan fingerprint density at radius 3 is 2.79 bits per heavy atom. The molecule has 6 heteroatoms. The molecule has 2 fully saturated rings. The first-order valence-electron chi connectivity index (χ1n) is 8.68. The van der Waals surface area contributed by atoms with E-state index in [1.54, 1.807) is 13.3 Å². The number of likely N-dealkylation sites (tertiary alicyclic amines) is 2. The van der Waals surface area contributed by atoms with Crippen LogP contribution in [-0.2, 0) is 16.0 Å². The number of amides is 2. The Kier molecular flexibility index (Phi) is 5.45. The van der Waals surface area contributed by atoms with Crippen molar-refractivity contribution in [2.75, 3.05) is 39.9 Å². The summed E-state index contributed by atoms with van der Waals surface area (Å²) < 4.78 is 5.04. The maximum atomic E-state index is 12.3. The van der Waals surface area contributed by atoms with Crippen LogP contribution in [0.5, 0.6) is 0 Å². The molecule has 0 radical (unpaired) electrons. The van der Waals surface area contributed by atoms with Crippen molar-refractivity contribution in [1.82, 2.24) is 14.8 Å². The number of rotatable bonds is 6. The number of aromatic nitrogens is 1. The summed E-state index contributed by atoms with van der Waals surface area (Å²) in [6, 6.07) is 3.79. The van der Waals surface area contributed by atoms with E-state index in [-0.39, 0.29) is 11.8 Å². The standard InChI is InChI=1S/C18H25N3O3/c1-24-9-8-21-13-14(11-17(21)22)10-16-5-4-15(12-19-16)18(23)20-6-2-3-7-20/h4-5,12,14H,2-3,6-11,13H2,1H3. The molecule has 3 heterocycles. The van der Waals surface area contributed by atoms with E-state index in [0.717, 1.165) is 44.6 Å². The molecule has 2 aliphatic rings. The first kappa shape index (κ1) is 16.9. The van der Waals surface area contributed by atoms with Crippen LogP contribution in [-0.4, -0.2) is 66.5 Å². The van der Waals surface area contributed by atoms with Gasteiger partial charge in [-0.05, 0) is 37.3 Å². The number of hydrogen-bond acceptors (Lipinski definition) is 4. The molecule has 0 spiro atoms. The van der Waals surface area contributed by atoms with E-state index < -0.39 is 0 Å². The van der Waals surface area contributed by atoms with E-state index in [1.807, 2.05) is 21.9 Å². The molecule has 2 amide bonds. The minimum atomic E-state index is 0.0772. The predicted octanol–water partition coefficient (Wildman–Crippen LogP) is 1.35. The van der Waals surface area contributed by atoms with E-state index in [2.05, 4.69) is 4.98 Å². The van der Waals surface area contributed by atoms with Crippen molar-refractivity contribution in [3.63, 3.8) is 0 Å². The molecule has 130 valence electrons. The smallest absolute Gasteiger partial charge is 0.255 e. The van der Waals surface area contributed by atoms with Gasteiger partial charge in [0.05, 0.1) is 12.2 Å². The zero-order valence-electron chi connectivity index (χ0n) is 14.2. The van der Waals surface area contributed by atoms with E-state index >= 15 is 0 Å². The average molecular weight is 331 g/mol. The summed E-state index contributed by atoms with van der Waals surface area (Å²) in [6.45, 7) is 3.69. The van der Waals surface area contributed by atoms with Crippen molar-refractivity contribution in [2.24, 2.45) is 5.92 Å². The van der Waals surface area contributed by atoms with Crippen LogP contribution in [0.25, 0.3) is 0 Å². The van der Waals surface area contributed by atoms with Crippen LogP contribution in [0.1, 0.15) is 35.3 Å². The fraction of sp³-hybridized carbons (Fsp3) is 0.611. The highest BCUT2D eigenvalue weighted by atomic mass is 16.5. The molecular weight excluding hydrogens is 306 g/mol. The zero-order valence-corrected chi connectivity index (χ0v) is 14.2. The van der Waals surface area contributed by atoms with Crippen molar-refractivity contribution < 1.29 is 14.3 Å². The Morgan fingerprint density at radius 2 is 2.12 bits per heavy atom. The van der Waals surface area contributed by atoms with Gasteiger partial charge in [0, 0.05) is 51.6 Å². The number of carbonyl (C=O) groups excluding carboxylic acids is 2. The summed E-state index contributed by atoms with van der Waals surface area (Å²) in [5, 5.41) is 0. The van der Waals surface area contributed by atoms with Crippen LogP contribution in [0.4, 0.5) is 0 Å². The topological polar surface area (TPSA) is 62.7 Å². The molecule has 0 bridgehead atoms. The number of carbonyl (C=O) groups is 2. The molecular formula is C18H25N3O3. The maximum Gasteiger partial charge on any atom is 0.255 e.